The molecule has 3 aliphatic rings. The highest BCUT2D eigenvalue weighted by molar-refractivity contribution is 5.79. The molecule has 1 aromatic heterocycles. The van der Waals surface area contributed by atoms with Crippen molar-refractivity contribution >= 4 is 5.91 Å². The lowest BCUT2D eigenvalue weighted by Gasteiger charge is -2.42. The summed E-state index contributed by atoms with van der Waals surface area (Å²) in [5, 5.41) is 3.21. The maximum Gasteiger partial charge on any atom is 0.224 e. The van der Waals surface area contributed by atoms with Crippen LogP contribution < -0.4 is 5.32 Å². The van der Waals surface area contributed by atoms with Gasteiger partial charge in [0.05, 0.1) is 11.6 Å². The molecule has 0 spiro atoms. The molecule has 5 heteroatoms. The van der Waals surface area contributed by atoms with Gasteiger partial charge in [-0.2, -0.15) is 0 Å². The second-order valence-electron chi connectivity index (χ2n) is 8.39. The Labute approximate surface area is 157 Å². The van der Waals surface area contributed by atoms with Crippen molar-refractivity contribution in [3.05, 3.63) is 29.6 Å². The molecular formula is C21H32N4O. The molecule has 0 bridgehead atoms. The fourth-order valence-electron chi connectivity index (χ4n) is 4.44. The van der Waals surface area contributed by atoms with Gasteiger partial charge >= 0.3 is 0 Å². The van der Waals surface area contributed by atoms with E-state index >= 15 is 0 Å². The highest BCUT2D eigenvalue weighted by Crippen LogP contribution is 2.26. The van der Waals surface area contributed by atoms with E-state index in [-0.39, 0.29) is 5.92 Å². The van der Waals surface area contributed by atoms with Gasteiger partial charge in [-0.15, -0.1) is 0 Å². The molecule has 1 atom stereocenters. The fraction of sp³-hybridized carbons (Fsp3) is 0.714. The number of piperidine rings is 2. The highest BCUT2D eigenvalue weighted by Gasteiger charge is 2.33. The van der Waals surface area contributed by atoms with Gasteiger partial charge in [-0.05, 0) is 63.6 Å². The van der Waals surface area contributed by atoms with Crippen LogP contribution in [0.3, 0.4) is 0 Å². The normalized spacial score (nSPS) is 26.0. The lowest BCUT2D eigenvalue weighted by Crippen LogP contribution is -2.50. The van der Waals surface area contributed by atoms with Crippen molar-refractivity contribution in [1.82, 2.24) is 20.1 Å². The summed E-state index contributed by atoms with van der Waals surface area (Å²) in [6, 6.07) is 5.29. The zero-order valence-electron chi connectivity index (χ0n) is 16.0. The Morgan fingerprint density at radius 2 is 2.00 bits per heavy atom. The van der Waals surface area contributed by atoms with Gasteiger partial charge < -0.3 is 5.32 Å². The quantitative estimate of drug-likeness (QED) is 0.880. The van der Waals surface area contributed by atoms with Gasteiger partial charge in [0.15, 0.2) is 0 Å². The lowest BCUT2D eigenvalue weighted by atomic mass is 9.93. The monoisotopic (exact) mass is 356 g/mol. The summed E-state index contributed by atoms with van der Waals surface area (Å²) in [5.41, 5.74) is 2.50. The molecule has 1 saturated carbocycles. The molecule has 142 valence electrons. The van der Waals surface area contributed by atoms with E-state index in [0.717, 1.165) is 45.6 Å². The maximum absolute atomic E-state index is 12.4. The first-order valence-corrected chi connectivity index (χ1v) is 10.4. The van der Waals surface area contributed by atoms with E-state index in [1.54, 1.807) is 0 Å². The van der Waals surface area contributed by atoms with Crippen molar-refractivity contribution in [3.8, 4) is 0 Å². The van der Waals surface area contributed by atoms with Crippen molar-refractivity contribution in [2.45, 2.75) is 64.1 Å². The molecule has 2 aliphatic heterocycles. The number of nitrogens with one attached hydrogen (secondary N) is 1. The van der Waals surface area contributed by atoms with Crippen LogP contribution in [0.4, 0.5) is 0 Å². The Balaban J connectivity index is 1.26. The summed E-state index contributed by atoms with van der Waals surface area (Å²) in [4.78, 5) is 22.1. The minimum absolute atomic E-state index is 0.207. The minimum atomic E-state index is 0.207. The van der Waals surface area contributed by atoms with Gasteiger partial charge in [0.2, 0.25) is 5.91 Å². The predicted molar refractivity (Wildman–Crippen MR) is 103 cm³/mol. The van der Waals surface area contributed by atoms with E-state index in [2.05, 4.69) is 33.1 Å². The topological polar surface area (TPSA) is 48.5 Å². The number of carbonyl (C=O) groups is 1. The third kappa shape index (κ3) is 4.44. The van der Waals surface area contributed by atoms with Crippen LogP contribution in [-0.2, 0) is 11.3 Å². The number of likely N-dealkylation sites (tertiary alicyclic amines) is 2. The molecule has 1 amide bonds. The Bertz CT molecular complexity index is 622. The van der Waals surface area contributed by atoms with Crippen LogP contribution in [0.2, 0.25) is 0 Å². The number of hydrogen-bond donors (Lipinski definition) is 1. The summed E-state index contributed by atoms with van der Waals surface area (Å²) in [6.45, 7) is 7.51. The molecule has 5 nitrogen and oxygen atoms in total. The molecular weight excluding hydrogens is 324 g/mol. The molecule has 2 saturated heterocycles. The summed E-state index contributed by atoms with van der Waals surface area (Å²) < 4.78 is 0. The van der Waals surface area contributed by atoms with Gasteiger partial charge in [0.1, 0.15) is 0 Å². The van der Waals surface area contributed by atoms with Gasteiger partial charge in [-0.1, -0.05) is 6.07 Å². The summed E-state index contributed by atoms with van der Waals surface area (Å²) in [7, 11) is 0. The zero-order valence-corrected chi connectivity index (χ0v) is 16.0. The summed E-state index contributed by atoms with van der Waals surface area (Å²) >= 11 is 0. The van der Waals surface area contributed by atoms with E-state index in [4.69, 9.17) is 0 Å². The van der Waals surface area contributed by atoms with E-state index in [1.165, 1.54) is 36.9 Å². The number of rotatable bonds is 5. The van der Waals surface area contributed by atoms with Crippen LogP contribution in [0.15, 0.2) is 18.3 Å². The first-order chi connectivity index (χ1) is 12.7. The van der Waals surface area contributed by atoms with Crippen molar-refractivity contribution in [2.24, 2.45) is 5.92 Å². The number of aryl methyl sites for hydroxylation is 1. The smallest absolute Gasteiger partial charge is 0.224 e. The average Bonchev–Trinajstić information content (AvgIpc) is 3.48. The highest BCUT2D eigenvalue weighted by atomic mass is 16.2. The van der Waals surface area contributed by atoms with Crippen molar-refractivity contribution in [1.29, 1.82) is 0 Å². The van der Waals surface area contributed by atoms with E-state index in [0.29, 0.717) is 18.0 Å². The largest absolute Gasteiger partial charge is 0.353 e. The van der Waals surface area contributed by atoms with Crippen LogP contribution in [-0.4, -0.2) is 59.0 Å². The molecule has 0 radical (unpaired) electrons. The second kappa shape index (κ2) is 8.05. The number of pyridine rings is 1. The Morgan fingerprint density at radius 1 is 1.19 bits per heavy atom. The molecule has 0 unspecified atom stereocenters. The molecule has 3 fully saturated rings. The van der Waals surface area contributed by atoms with Crippen molar-refractivity contribution < 1.29 is 4.79 Å². The summed E-state index contributed by atoms with van der Waals surface area (Å²) in [6.07, 6.45) is 8.90. The van der Waals surface area contributed by atoms with Gasteiger partial charge in [-0.3, -0.25) is 19.6 Å². The van der Waals surface area contributed by atoms with Crippen LogP contribution in [0, 0.1) is 12.8 Å². The fourth-order valence-corrected chi connectivity index (χ4v) is 4.44. The third-order valence-electron chi connectivity index (χ3n) is 6.31. The molecule has 1 N–H and O–H groups in total. The maximum atomic E-state index is 12.4. The Kier molecular flexibility index (Phi) is 5.55. The number of amides is 1. The van der Waals surface area contributed by atoms with Gasteiger partial charge in [0.25, 0.3) is 0 Å². The summed E-state index contributed by atoms with van der Waals surface area (Å²) in [5.74, 6) is 0.513. The SMILES string of the molecule is Cc1cccnc1CN1CCC(N2CCC[C@H](C(=O)NC3CC3)C2)CC1. The second-order valence-corrected chi connectivity index (χ2v) is 8.39. The molecule has 3 heterocycles. The number of nitrogens with zero attached hydrogens (tertiary/aromatic N) is 3. The number of hydrogen-bond acceptors (Lipinski definition) is 4. The van der Waals surface area contributed by atoms with Crippen molar-refractivity contribution in [3.63, 3.8) is 0 Å². The third-order valence-corrected chi connectivity index (χ3v) is 6.31. The van der Waals surface area contributed by atoms with E-state index in [1.807, 2.05) is 12.3 Å². The van der Waals surface area contributed by atoms with Crippen LogP contribution in [0.1, 0.15) is 49.8 Å². The first-order valence-electron chi connectivity index (χ1n) is 10.4. The molecule has 26 heavy (non-hydrogen) atoms. The number of carbonyl (C=O) groups excluding carboxylic acids is 1. The Hall–Kier alpha value is -1.46. The Morgan fingerprint density at radius 3 is 2.73 bits per heavy atom. The van der Waals surface area contributed by atoms with Gasteiger partial charge in [0, 0.05) is 44.5 Å². The van der Waals surface area contributed by atoms with Crippen molar-refractivity contribution in [2.75, 3.05) is 26.2 Å². The molecule has 4 rings (SSSR count). The van der Waals surface area contributed by atoms with E-state index < -0.39 is 0 Å². The number of aromatic nitrogens is 1. The average molecular weight is 357 g/mol. The lowest BCUT2D eigenvalue weighted by molar-refractivity contribution is -0.127. The molecule has 1 aromatic rings. The molecule has 0 aromatic carbocycles. The van der Waals surface area contributed by atoms with Crippen LogP contribution in [0.5, 0.6) is 0 Å². The molecule has 1 aliphatic carbocycles. The zero-order chi connectivity index (χ0) is 17.9. The van der Waals surface area contributed by atoms with Crippen LogP contribution >= 0.6 is 0 Å². The minimum Gasteiger partial charge on any atom is -0.353 e. The van der Waals surface area contributed by atoms with Gasteiger partial charge in [-0.25, -0.2) is 0 Å². The van der Waals surface area contributed by atoms with Crippen LogP contribution in [0.25, 0.3) is 0 Å². The van der Waals surface area contributed by atoms with E-state index in [9.17, 15) is 4.79 Å². The predicted octanol–water partition coefficient (Wildman–Crippen LogP) is 2.35. The standard InChI is InChI=1S/C21H32N4O/c1-16-4-2-10-22-20(16)15-24-12-8-19(9-13-24)25-11-3-5-17(14-25)21(26)23-18-6-7-18/h2,4,10,17-19H,3,5-9,11-15H2,1H3,(H,23,26)/t17-/m0/s1. The first kappa shape index (κ1) is 17.9.